The second-order valence-electron chi connectivity index (χ2n) is 4.47. The lowest BCUT2D eigenvalue weighted by molar-refractivity contribution is -0.115. The van der Waals surface area contributed by atoms with Crippen LogP contribution in [0.5, 0.6) is 0 Å². The lowest BCUT2D eigenvalue weighted by Crippen LogP contribution is -2.12. The maximum Gasteiger partial charge on any atom is 0.225 e. The third-order valence-electron chi connectivity index (χ3n) is 2.79. The van der Waals surface area contributed by atoms with Crippen LogP contribution >= 0.6 is 11.8 Å². The first kappa shape index (κ1) is 15.5. The van der Waals surface area contributed by atoms with E-state index in [4.69, 9.17) is 0 Å². The first-order chi connectivity index (χ1) is 10.1. The van der Waals surface area contributed by atoms with Crippen molar-refractivity contribution in [2.24, 2.45) is 0 Å². The molecule has 0 aromatic heterocycles. The van der Waals surface area contributed by atoms with Gasteiger partial charge in [0.15, 0.2) is 11.6 Å². The summed E-state index contributed by atoms with van der Waals surface area (Å²) in [6, 6.07) is 13.3. The molecule has 0 spiro atoms. The average Bonchev–Trinajstić information content (AvgIpc) is 2.49. The number of anilines is 1. The van der Waals surface area contributed by atoms with E-state index in [1.807, 2.05) is 30.3 Å². The molecule has 110 valence electrons. The molecule has 1 N–H and O–H groups in total. The van der Waals surface area contributed by atoms with Crippen LogP contribution in [-0.4, -0.2) is 11.7 Å². The van der Waals surface area contributed by atoms with Gasteiger partial charge < -0.3 is 5.32 Å². The summed E-state index contributed by atoms with van der Waals surface area (Å²) in [6.45, 7) is 0. The second-order valence-corrected chi connectivity index (χ2v) is 5.57. The van der Waals surface area contributed by atoms with Crippen molar-refractivity contribution in [1.82, 2.24) is 0 Å². The van der Waals surface area contributed by atoms with E-state index in [1.54, 1.807) is 11.8 Å². The Labute approximate surface area is 126 Å². The predicted molar refractivity (Wildman–Crippen MR) is 82.2 cm³/mol. The van der Waals surface area contributed by atoms with Gasteiger partial charge in [0, 0.05) is 29.7 Å². The minimum absolute atomic E-state index is 0.207. The van der Waals surface area contributed by atoms with E-state index in [-0.39, 0.29) is 11.6 Å². The van der Waals surface area contributed by atoms with Crippen molar-refractivity contribution < 1.29 is 13.6 Å². The molecule has 0 radical (unpaired) electrons. The van der Waals surface area contributed by atoms with Gasteiger partial charge in [0.2, 0.25) is 5.91 Å². The summed E-state index contributed by atoms with van der Waals surface area (Å²) in [7, 11) is 0. The summed E-state index contributed by atoms with van der Waals surface area (Å²) < 4.78 is 25.7. The van der Waals surface area contributed by atoms with Crippen LogP contribution in [0.1, 0.15) is 12.0 Å². The van der Waals surface area contributed by atoms with Gasteiger partial charge in [-0.2, -0.15) is 11.8 Å². The van der Waals surface area contributed by atoms with Crippen molar-refractivity contribution in [2.45, 2.75) is 12.2 Å². The van der Waals surface area contributed by atoms with Gasteiger partial charge in [-0.3, -0.25) is 4.79 Å². The molecule has 2 aromatic carbocycles. The Morgan fingerprint density at radius 1 is 1.05 bits per heavy atom. The first-order valence-corrected chi connectivity index (χ1v) is 7.67. The molecule has 21 heavy (non-hydrogen) atoms. The molecular weight excluding hydrogens is 292 g/mol. The van der Waals surface area contributed by atoms with E-state index in [9.17, 15) is 13.6 Å². The lowest BCUT2D eigenvalue weighted by Gasteiger charge is -2.06. The highest BCUT2D eigenvalue weighted by Crippen LogP contribution is 2.15. The number of hydrogen-bond donors (Lipinski definition) is 1. The first-order valence-electron chi connectivity index (χ1n) is 6.52. The van der Waals surface area contributed by atoms with Crippen LogP contribution < -0.4 is 5.32 Å². The molecule has 0 aliphatic heterocycles. The van der Waals surface area contributed by atoms with Crippen molar-refractivity contribution in [1.29, 1.82) is 0 Å². The van der Waals surface area contributed by atoms with E-state index in [0.717, 1.165) is 17.9 Å². The summed E-state index contributed by atoms with van der Waals surface area (Å²) in [6.07, 6.45) is 0.330. The van der Waals surface area contributed by atoms with E-state index in [0.29, 0.717) is 12.2 Å². The predicted octanol–water partition coefficient (Wildman–Crippen LogP) is 4.23. The molecule has 0 saturated heterocycles. The van der Waals surface area contributed by atoms with Crippen molar-refractivity contribution in [3.63, 3.8) is 0 Å². The fourth-order valence-electron chi connectivity index (χ4n) is 1.73. The zero-order chi connectivity index (χ0) is 15.1. The number of carbonyl (C=O) groups is 1. The molecule has 2 nitrogen and oxygen atoms in total. The summed E-state index contributed by atoms with van der Waals surface area (Å²) in [5.74, 6) is -0.580. The van der Waals surface area contributed by atoms with Gasteiger partial charge in [0.05, 0.1) is 0 Å². The molecule has 5 heteroatoms. The van der Waals surface area contributed by atoms with Crippen LogP contribution in [0.4, 0.5) is 14.5 Å². The van der Waals surface area contributed by atoms with E-state index in [1.165, 1.54) is 11.6 Å². The zero-order valence-electron chi connectivity index (χ0n) is 11.3. The fourth-order valence-corrected chi connectivity index (χ4v) is 2.63. The number of halogens is 2. The summed E-state index contributed by atoms with van der Waals surface area (Å²) in [4.78, 5) is 11.7. The van der Waals surface area contributed by atoms with Crippen molar-refractivity contribution >= 4 is 23.4 Å². The SMILES string of the molecule is O=C(CCSCc1ccccc1)Nc1ccc(F)c(F)c1. The Morgan fingerprint density at radius 2 is 1.81 bits per heavy atom. The fraction of sp³-hybridized carbons (Fsp3) is 0.188. The van der Waals surface area contributed by atoms with Gasteiger partial charge in [0.25, 0.3) is 0 Å². The zero-order valence-corrected chi connectivity index (χ0v) is 12.1. The van der Waals surface area contributed by atoms with Gasteiger partial charge >= 0.3 is 0 Å². The minimum atomic E-state index is -0.966. The maximum absolute atomic E-state index is 13.0. The number of rotatable bonds is 6. The number of nitrogens with one attached hydrogen (secondary N) is 1. The maximum atomic E-state index is 13.0. The van der Waals surface area contributed by atoms with Crippen LogP contribution in [0.3, 0.4) is 0 Å². The molecule has 1 amide bonds. The highest BCUT2D eigenvalue weighted by molar-refractivity contribution is 7.98. The number of benzene rings is 2. The topological polar surface area (TPSA) is 29.1 Å². The largest absolute Gasteiger partial charge is 0.326 e. The normalized spacial score (nSPS) is 10.4. The minimum Gasteiger partial charge on any atom is -0.326 e. The number of hydrogen-bond acceptors (Lipinski definition) is 2. The lowest BCUT2D eigenvalue weighted by atomic mass is 10.2. The quantitative estimate of drug-likeness (QED) is 0.809. The van der Waals surface area contributed by atoms with Crippen LogP contribution in [-0.2, 0) is 10.5 Å². The molecule has 0 atom stereocenters. The third-order valence-corrected chi connectivity index (χ3v) is 3.82. The molecule has 0 bridgehead atoms. The summed E-state index contributed by atoms with van der Waals surface area (Å²) in [5.41, 5.74) is 1.48. The van der Waals surface area contributed by atoms with Crippen LogP contribution in [0.15, 0.2) is 48.5 Å². The van der Waals surface area contributed by atoms with Crippen molar-refractivity contribution in [3.05, 3.63) is 65.7 Å². The molecule has 0 unspecified atom stereocenters. The Bertz CT molecular complexity index is 604. The Morgan fingerprint density at radius 3 is 2.52 bits per heavy atom. The summed E-state index contributed by atoms with van der Waals surface area (Å²) >= 11 is 1.66. The highest BCUT2D eigenvalue weighted by Gasteiger charge is 2.06. The molecule has 2 aromatic rings. The average molecular weight is 307 g/mol. The molecule has 0 saturated carbocycles. The van der Waals surface area contributed by atoms with Crippen LogP contribution in [0.25, 0.3) is 0 Å². The molecule has 0 fully saturated rings. The third kappa shape index (κ3) is 5.19. The number of amides is 1. The van der Waals surface area contributed by atoms with Crippen LogP contribution in [0.2, 0.25) is 0 Å². The molecule has 0 heterocycles. The Kier molecular flexibility index (Phi) is 5.75. The van der Waals surface area contributed by atoms with Gasteiger partial charge in [-0.05, 0) is 17.7 Å². The van der Waals surface area contributed by atoms with Gasteiger partial charge in [-0.15, -0.1) is 0 Å². The Balaban J connectivity index is 1.71. The van der Waals surface area contributed by atoms with Gasteiger partial charge in [-0.1, -0.05) is 30.3 Å². The highest BCUT2D eigenvalue weighted by atomic mass is 32.2. The van der Waals surface area contributed by atoms with Gasteiger partial charge in [0.1, 0.15) is 0 Å². The van der Waals surface area contributed by atoms with E-state index in [2.05, 4.69) is 5.32 Å². The standard InChI is InChI=1S/C16H15F2NOS/c17-14-7-6-13(10-15(14)18)19-16(20)8-9-21-11-12-4-2-1-3-5-12/h1-7,10H,8-9,11H2,(H,19,20). The number of thioether (sulfide) groups is 1. The second kappa shape index (κ2) is 7.78. The molecule has 0 aliphatic rings. The van der Waals surface area contributed by atoms with Crippen molar-refractivity contribution in [3.8, 4) is 0 Å². The molecule has 2 rings (SSSR count). The number of carbonyl (C=O) groups excluding carboxylic acids is 1. The molecular formula is C16H15F2NOS. The monoisotopic (exact) mass is 307 g/mol. The molecule has 0 aliphatic carbocycles. The Hall–Kier alpha value is -1.88. The van der Waals surface area contributed by atoms with Gasteiger partial charge in [-0.25, -0.2) is 8.78 Å². The summed E-state index contributed by atoms with van der Waals surface area (Å²) in [5, 5.41) is 2.55. The van der Waals surface area contributed by atoms with Crippen LogP contribution in [0, 0.1) is 11.6 Å². The van der Waals surface area contributed by atoms with E-state index < -0.39 is 11.6 Å². The van der Waals surface area contributed by atoms with E-state index >= 15 is 0 Å². The van der Waals surface area contributed by atoms with Crippen molar-refractivity contribution in [2.75, 3.05) is 11.1 Å². The smallest absolute Gasteiger partial charge is 0.225 e.